The monoisotopic (exact) mass is 227 g/mol. The lowest BCUT2D eigenvalue weighted by Crippen LogP contribution is -2.39. The molecule has 0 atom stereocenters. The van der Waals surface area contributed by atoms with Crippen LogP contribution >= 0.6 is 0 Å². The van der Waals surface area contributed by atoms with Gasteiger partial charge in [0.2, 0.25) is 0 Å². The first-order chi connectivity index (χ1) is 7.57. The minimum Gasteiger partial charge on any atom is -0.258 e. The van der Waals surface area contributed by atoms with E-state index in [9.17, 15) is 0 Å². The molecule has 0 aliphatic rings. The number of benzene rings is 1. The molecule has 1 aromatic carbocycles. The van der Waals surface area contributed by atoms with Crippen LogP contribution in [0.15, 0.2) is 48.5 Å². The summed E-state index contributed by atoms with van der Waals surface area (Å²) in [4.78, 5) is 4.78. The first-order valence-corrected chi connectivity index (χ1v) is 9.10. The van der Waals surface area contributed by atoms with Gasteiger partial charge in [-0.25, -0.2) is 0 Å². The van der Waals surface area contributed by atoms with Crippen LogP contribution in [-0.2, 0) is 0 Å². The Hall–Kier alpha value is -1.41. The predicted molar refractivity (Wildman–Crippen MR) is 72.7 cm³/mol. The third-order valence-corrected chi connectivity index (χ3v) is 4.40. The second-order valence-corrected chi connectivity index (χ2v) is 10.0. The zero-order valence-corrected chi connectivity index (χ0v) is 11.1. The molecule has 0 bridgehead atoms. The van der Waals surface area contributed by atoms with Crippen molar-refractivity contribution in [3.63, 3.8) is 0 Å². The molecule has 2 aromatic rings. The minimum absolute atomic E-state index is 1.08. The van der Waals surface area contributed by atoms with Crippen molar-refractivity contribution in [3.8, 4) is 11.3 Å². The minimum atomic E-state index is -1.31. The number of rotatable bonds is 2. The molecule has 16 heavy (non-hydrogen) atoms. The Morgan fingerprint density at radius 2 is 1.50 bits per heavy atom. The van der Waals surface area contributed by atoms with Gasteiger partial charge in [-0.1, -0.05) is 56.0 Å². The molecule has 0 saturated heterocycles. The average Bonchev–Trinajstić information content (AvgIpc) is 2.29. The lowest BCUT2D eigenvalue weighted by molar-refractivity contribution is 1.35. The number of hydrogen-bond donors (Lipinski definition) is 0. The summed E-state index contributed by atoms with van der Waals surface area (Å²) < 4.78 is 0. The summed E-state index contributed by atoms with van der Waals surface area (Å²) in [6.07, 6.45) is 0. The second kappa shape index (κ2) is 4.22. The van der Waals surface area contributed by atoms with Gasteiger partial charge in [0.15, 0.2) is 0 Å². The van der Waals surface area contributed by atoms with Gasteiger partial charge in [-0.15, -0.1) is 0 Å². The van der Waals surface area contributed by atoms with Crippen LogP contribution < -0.4 is 5.32 Å². The molecular weight excluding hydrogens is 210 g/mol. The molecule has 0 aliphatic carbocycles. The van der Waals surface area contributed by atoms with Gasteiger partial charge >= 0.3 is 0 Å². The molecule has 0 aliphatic heterocycles. The summed E-state index contributed by atoms with van der Waals surface area (Å²) in [5, 5.41) is 1.27. The van der Waals surface area contributed by atoms with Crippen molar-refractivity contribution in [2.24, 2.45) is 0 Å². The molecule has 1 nitrogen and oxygen atoms in total. The maximum Gasteiger partial charge on any atom is 0.101 e. The fourth-order valence-corrected chi connectivity index (χ4v) is 2.67. The molecule has 0 amide bonds. The Kier molecular flexibility index (Phi) is 2.92. The average molecular weight is 227 g/mol. The maximum atomic E-state index is 4.78. The quantitative estimate of drug-likeness (QED) is 0.717. The van der Waals surface area contributed by atoms with Gasteiger partial charge < -0.3 is 0 Å². The van der Waals surface area contributed by atoms with Crippen LogP contribution in [0.2, 0.25) is 19.6 Å². The normalized spacial score (nSPS) is 11.4. The summed E-state index contributed by atoms with van der Waals surface area (Å²) in [6.45, 7) is 6.97. The van der Waals surface area contributed by atoms with Crippen LogP contribution in [0.25, 0.3) is 11.3 Å². The summed E-state index contributed by atoms with van der Waals surface area (Å²) in [6, 6.07) is 16.7. The fraction of sp³-hybridized carbons (Fsp3) is 0.214. The van der Waals surface area contributed by atoms with E-state index < -0.39 is 8.07 Å². The van der Waals surface area contributed by atoms with Gasteiger partial charge in [-0.2, -0.15) is 0 Å². The highest BCUT2D eigenvalue weighted by molar-refractivity contribution is 6.88. The van der Waals surface area contributed by atoms with Crippen molar-refractivity contribution in [2.75, 3.05) is 0 Å². The Morgan fingerprint density at radius 3 is 2.12 bits per heavy atom. The Balaban J connectivity index is 2.45. The van der Waals surface area contributed by atoms with E-state index in [1.807, 2.05) is 6.07 Å². The lowest BCUT2D eigenvalue weighted by Gasteiger charge is -2.16. The second-order valence-electron chi connectivity index (χ2n) is 5.02. The van der Waals surface area contributed by atoms with E-state index in [2.05, 4.69) is 62.1 Å². The van der Waals surface area contributed by atoms with E-state index in [-0.39, 0.29) is 0 Å². The Morgan fingerprint density at radius 1 is 0.812 bits per heavy atom. The number of nitrogens with zero attached hydrogens (tertiary/aromatic N) is 1. The van der Waals surface area contributed by atoms with Crippen molar-refractivity contribution >= 4 is 13.4 Å². The van der Waals surface area contributed by atoms with Crippen molar-refractivity contribution in [2.45, 2.75) is 19.6 Å². The lowest BCUT2D eigenvalue weighted by atomic mass is 10.1. The number of pyridine rings is 1. The Bertz CT molecular complexity index is 472. The molecule has 0 spiro atoms. The first kappa shape index (κ1) is 11.1. The van der Waals surface area contributed by atoms with Gasteiger partial charge in [-0.05, 0) is 12.1 Å². The van der Waals surface area contributed by atoms with Crippen molar-refractivity contribution in [3.05, 3.63) is 48.5 Å². The molecule has 2 heteroatoms. The largest absolute Gasteiger partial charge is 0.258 e. The summed E-state index contributed by atoms with van der Waals surface area (Å²) in [5.41, 5.74) is 2.28. The van der Waals surface area contributed by atoms with Crippen LogP contribution in [0.4, 0.5) is 0 Å². The molecule has 2 rings (SSSR count). The zero-order valence-electron chi connectivity index (χ0n) is 10.1. The van der Waals surface area contributed by atoms with Gasteiger partial charge in [-0.3, -0.25) is 4.98 Å². The summed E-state index contributed by atoms with van der Waals surface area (Å²) in [5.74, 6) is 0. The summed E-state index contributed by atoms with van der Waals surface area (Å²) in [7, 11) is -1.31. The highest BCUT2D eigenvalue weighted by Gasteiger charge is 2.18. The third-order valence-electron chi connectivity index (χ3n) is 2.59. The molecule has 1 heterocycles. The van der Waals surface area contributed by atoms with Crippen LogP contribution in [-0.4, -0.2) is 13.1 Å². The highest BCUT2D eigenvalue weighted by atomic mass is 28.3. The third kappa shape index (κ3) is 2.39. The fourth-order valence-electron chi connectivity index (χ4n) is 1.62. The molecule has 0 unspecified atom stereocenters. The van der Waals surface area contributed by atoms with Crippen molar-refractivity contribution in [1.82, 2.24) is 4.98 Å². The standard InChI is InChI=1S/C14H17NSi/c1-16(2,3)14-11-7-10-13(15-14)12-8-5-4-6-9-12/h4-11H,1-3H3. The molecule has 1 aromatic heterocycles. The van der Waals surface area contributed by atoms with Crippen LogP contribution in [0.5, 0.6) is 0 Å². The molecule has 0 N–H and O–H groups in total. The first-order valence-electron chi connectivity index (χ1n) is 5.60. The molecule has 0 saturated carbocycles. The Labute approximate surface area is 98.2 Å². The topological polar surface area (TPSA) is 12.9 Å². The van der Waals surface area contributed by atoms with E-state index in [0.29, 0.717) is 0 Å². The van der Waals surface area contributed by atoms with Gasteiger partial charge in [0.25, 0.3) is 0 Å². The highest BCUT2D eigenvalue weighted by Crippen LogP contribution is 2.15. The molecular formula is C14H17NSi. The molecule has 0 fully saturated rings. The zero-order chi connectivity index (χ0) is 11.6. The smallest absolute Gasteiger partial charge is 0.101 e. The summed E-state index contributed by atoms with van der Waals surface area (Å²) >= 11 is 0. The van der Waals surface area contributed by atoms with Gasteiger partial charge in [0, 0.05) is 10.9 Å². The van der Waals surface area contributed by atoms with E-state index in [0.717, 1.165) is 5.69 Å². The van der Waals surface area contributed by atoms with E-state index in [1.54, 1.807) is 0 Å². The van der Waals surface area contributed by atoms with Crippen molar-refractivity contribution in [1.29, 1.82) is 0 Å². The van der Waals surface area contributed by atoms with Crippen LogP contribution in [0.1, 0.15) is 0 Å². The van der Waals surface area contributed by atoms with Crippen LogP contribution in [0, 0.1) is 0 Å². The van der Waals surface area contributed by atoms with E-state index >= 15 is 0 Å². The van der Waals surface area contributed by atoms with E-state index in [1.165, 1.54) is 10.9 Å². The van der Waals surface area contributed by atoms with E-state index in [4.69, 9.17) is 4.98 Å². The van der Waals surface area contributed by atoms with Gasteiger partial charge in [0.1, 0.15) is 8.07 Å². The molecule has 0 radical (unpaired) electrons. The van der Waals surface area contributed by atoms with Gasteiger partial charge in [0.05, 0.1) is 5.69 Å². The molecule has 82 valence electrons. The SMILES string of the molecule is C[Si](C)(C)c1cccc(-c2ccccc2)n1. The number of aromatic nitrogens is 1. The predicted octanol–water partition coefficient (Wildman–Crippen LogP) is 3.29. The van der Waals surface area contributed by atoms with Crippen molar-refractivity contribution < 1.29 is 0 Å². The maximum absolute atomic E-state index is 4.78. The number of hydrogen-bond acceptors (Lipinski definition) is 1. The van der Waals surface area contributed by atoms with Crippen LogP contribution in [0.3, 0.4) is 0 Å².